The number of nitrogens with two attached hydrogens (primary N) is 1. The third-order valence-corrected chi connectivity index (χ3v) is 3.59. The molecule has 0 aliphatic heterocycles. The standard InChI is InChI=1S/C14H17FN2S/c1-14(2,16)8-7-13-17-12(9-18-13)10-5-3-4-6-11(10)15/h3-6,9H,7-8,16H2,1-2H3. The van der Waals surface area contributed by atoms with Crippen LogP contribution in [-0.4, -0.2) is 10.5 Å². The summed E-state index contributed by atoms with van der Waals surface area (Å²) in [6.45, 7) is 4.00. The maximum Gasteiger partial charge on any atom is 0.132 e. The summed E-state index contributed by atoms with van der Waals surface area (Å²) in [5.74, 6) is -0.228. The van der Waals surface area contributed by atoms with E-state index in [0.29, 0.717) is 11.3 Å². The summed E-state index contributed by atoms with van der Waals surface area (Å²) < 4.78 is 13.6. The second-order valence-electron chi connectivity index (χ2n) is 5.09. The van der Waals surface area contributed by atoms with Crippen molar-refractivity contribution in [1.82, 2.24) is 4.98 Å². The average Bonchev–Trinajstić information content (AvgIpc) is 2.75. The minimum absolute atomic E-state index is 0.191. The van der Waals surface area contributed by atoms with Crippen LogP contribution in [0.2, 0.25) is 0 Å². The number of rotatable bonds is 4. The van der Waals surface area contributed by atoms with E-state index < -0.39 is 0 Å². The van der Waals surface area contributed by atoms with E-state index in [1.807, 2.05) is 25.3 Å². The fourth-order valence-corrected chi connectivity index (χ4v) is 2.45. The second-order valence-corrected chi connectivity index (χ2v) is 6.04. The third-order valence-electron chi connectivity index (χ3n) is 2.68. The molecule has 0 radical (unpaired) electrons. The van der Waals surface area contributed by atoms with E-state index in [1.165, 1.54) is 6.07 Å². The molecule has 1 aromatic heterocycles. The third kappa shape index (κ3) is 3.37. The van der Waals surface area contributed by atoms with Crippen molar-refractivity contribution in [3.8, 4) is 11.3 Å². The summed E-state index contributed by atoms with van der Waals surface area (Å²) in [6, 6.07) is 6.71. The van der Waals surface area contributed by atoms with Gasteiger partial charge in [0.1, 0.15) is 5.82 Å². The van der Waals surface area contributed by atoms with Crippen LogP contribution in [0.1, 0.15) is 25.3 Å². The normalized spacial score (nSPS) is 11.8. The molecule has 4 heteroatoms. The van der Waals surface area contributed by atoms with Gasteiger partial charge in [0.2, 0.25) is 0 Å². The molecule has 0 bridgehead atoms. The number of aryl methyl sites for hydroxylation is 1. The van der Waals surface area contributed by atoms with Crippen molar-refractivity contribution in [2.75, 3.05) is 0 Å². The van der Waals surface area contributed by atoms with Crippen LogP contribution in [0, 0.1) is 5.82 Å². The monoisotopic (exact) mass is 264 g/mol. The number of hydrogen-bond acceptors (Lipinski definition) is 3. The fraction of sp³-hybridized carbons (Fsp3) is 0.357. The predicted octanol–water partition coefficient (Wildman–Crippen LogP) is 3.62. The van der Waals surface area contributed by atoms with Gasteiger partial charge in [-0.1, -0.05) is 12.1 Å². The molecule has 2 rings (SSSR count). The van der Waals surface area contributed by atoms with Gasteiger partial charge in [-0.25, -0.2) is 9.37 Å². The van der Waals surface area contributed by atoms with Crippen molar-refractivity contribution < 1.29 is 4.39 Å². The van der Waals surface area contributed by atoms with E-state index in [9.17, 15) is 4.39 Å². The molecule has 1 heterocycles. The highest BCUT2D eigenvalue weighted by molar-refractivity contribution is 7.09. The van der Waals surface area contributed by atoms with E-state index in [-0.39, 0.29) is 11.4 Å². The maximum absolute atomic E-state index is 13.6. The van der Waals surface area contributed by atoms with Crippen molar-refractivity contribution in [1.29, 1.82) is 0 Å². The first-order valence-electron chi connectivity index (χ1n) is 5.94. The number of hydrogen-bond donors (Lipinski definition) is 1. The van der Waals surface area contributed by atoms with Crippen LogP contribution >= 0.6 is 11.3 Å². The number of thiazole rings is 1. The molecule has 1 aromatic carbocycles. The van der Waals surface area contributed by atoms with Gasteiger partial charge in [-0.05, 0) is 32.4 Å². The first-order valence-corrected chi connectivity index (χ1v) is 6.82. The Kier molecular flexibility index (Phi) is 3.78. The van der Waals surface area contributed by atoms with E-state index in [0.717, 1.165) is 17.8 Å². The zero-order chi connectivity index (χ0) is 13.2. The van der Waals surface area contributed by atoms with E-state index in [2.05, 4.69) is 4.98 Å². The summed E-state index contributed by atoms with van der Waals surface area (Å²) in [5.41, 5.74) is 7.02. The van der Waals surface area contributed by atoms with Gasteiger partial charge in [0, 0.05) is 22.9 Å². The quantitative estimate of drug-likeness (QED) is 0.916. The van der Waals surface area contributed by atoms with Gasteiger partial charge >= 0.3 is 0 Å². The molecule has 0 unspecified atom stereocenters. The SMILES string of the molecule is CC(C)(N)CCc1nc(-c2ccccc2F)cs1. The summed E-state index contributed by atoms with van der Waals surface area (Å²) in [6.07, 6.45) is 1.71. The Hall–Kier alpha value is -1.26. The summed E-state index contributed by atoms with van der Waals surface area (Å²) >= 11 is 1.56. The minimum atomic E-state index is -0.228. The van der Waals surface area contributed by atoms with Gasteiger partial charge in [-0.15, -0.1) is 11.3 Å². The molecule has 0 aliphatic rings. The lowest BCUT2D eigenvalue weighted by Crippen LogP contribution is -2.32. The number of benzene rings is 1. The molecule has 2 aromatic rings. The Morgan fingerprint density at radius 1 is 1.33 bits per heavy atom. The predicted molar refractivity (Wildman–Crippen MR) is 74.1 cm³/mol. The molecule has 2 nitrogen and oxygen atoms in total. The molecule has 0 fully saturated rings. The second kappa shape index (κ2) is 5.16. The summed E-state index contributed by atoms with van der Waals surface area (Å²) in [7, 11) is 0. The fourth-order valence-electron chi connectivity index (χ4n) is 1.65. The van der Waals surface area contributed by atoms with E-state index in [4.69, 9.17) is 5.73 Å². The van der Waals surface area contributed by atoms with Crippen molar-refractivity contribution in [3.63, 3.8) is 0 Å². The molecule has 0 saturated heterocycles. The zero-order valence-corrected chi connectivity index (χ0v) is 11.4. The topological polar surface area (TPSA) is 38.9 Å². The summed E-state index contributed by atoms with van der Waals surface area (Å²) in [4.78, 5) is 4.47. The molecule has 0 spiro atoms. The van der Waals surface area contributed by atoms with Gasteiger partial charge in [0.15, 0.2) is 0 Å². The first-order chi connectivity index (χ1) is 8.46. The van der Waals surface area contributed by atoms with Crippen molar-refractivity contribution in [3.05, 3.63) is 40.5 Å². The van der Waals surface area contributed by atoms with Crippen LogP contribution < -0.4 is 5.73 Å². The number of aromatic nitrogens is 1. The maximum atomic E-state index is 13.6. The van der Waals surface area contributed by atoms with Crippen LogP contribution in [0.5, 0.6) is 0 Å². The van der Waals surface area contributed by atoms with Crippen LogP contribution in [0.25, 0.3) is 11.3 Å². The van der Waals surface area contributed by atoms with E-state index >= 15 is 0 Å². The molecular weight excluding hydrogens is 247 g/mol. The van der Waals surface area contributed by atoms with Crippen LogP contribution in [0.15, 0.2) is 29.6 Å². The molecule has 0 atom stereocenters. The largest absolute Gasteiger partial charge is 0.326 e. The van der Waals surface area contributed by atoms with Crippen molar-refractivity contribution in [2.24, 2.45) is 5.73 Å². The first kappa shape index (κ1) is 13.2. The highest BCUT2D eigenvalue weighted by Gasteiger charge is 2.13. The highest BCUT2D eigenvalue weighted by Crippen LogP contribution is 2.25. The molecule has 2 N–H and O–H groups in total. The van der Waals surface area contributed by atoms with Crippen LogP contribution in [0.4, 0.5) is 4.39 Å². The van der Waals surface area contributed by atoms with Gasteiger partial charge in [0.05, 0.1) is 10.7 Å². The Morgan fingerprint density at radius 2 is 2.06 bits per heavy atom. The molecule has 0 amide bonds. The Bertz CT molecular complexity index is 529. The highest BCUT2D eigenvalue weighted by atomic mass is 32.1. The summed E-state index contributed by atoms with van der Waals surface area (Å²) in [5, 5.41) is 2.91. The number of nitrogens with zero attached hydrogens (tertiary/aromatic N) is 1. The molecule has 96 valence electrons. The lowest BCUT2D eigenvalue weighted by Gasteiger charge is -2.16. The molecular formula is C14H17FN2S. The Labute approximate surface area is 111 Å². The van der Waals surface area contributed by atoms with Crippen LogP contribution in [-0.2, 0) is 6.42 Å². The molecule has 0 saturated carbocycles. The van der Waals surface area contributed by atoms with Gasteiger partial charge in [0.25, 0.3) is 0 Å². The van der Waals surface area contributed by atoms with Crippen LogP contribution in [0.3, 0.4) is 0 Å². The van der Waals surface area contributed by atoms with Gasteiger partial charge in [-0.3, -0.25) is 0 Å². The van der Waals surface area contributed by atoms with Gasteiger partial charge < -0.3 is 5.73 Å². The van der Waals surface area contributed by atoms with Gasteiger partial charge in [-0.2, -0.15) is 0 Å². The Morgan fingerprint density at radius 3 is 2.72 bits per heavy atom. The molecule has 0 aliphatic carbocycles. The van der Waals surface area contributed by atoms with E-state index in [1.54, 1.807) is 23.5 Å². The lowest BCUT2D eigenvalue weighted by atomic mass is 10.0. The Balaban J connectivity index is 2.14. The van der Waals surface area contributed by atoms with Crippen molar-refractivity contribution in [2.45, 2.75) is 32.2 Å². The lowest BCUT2D eigenvalue weighted by molar-refractivity contribution is 0.476. The van der Waals surface area contributed by atoms with Crippen molar-refractivity contribution >= 4 is 11.3 Å². The zero-order valence-electron chi connectivity index (χ0n) is 10.6. The smallest absolute Gasteiger partial charge is 0.132 e. The average molecular weight is 264 g/mol. The molecule has 18 heavy (non-hydrogen) atoms. The minimum Gasteiger partial charge on any atom is -0.326 e. The number of halogens is 1.